The molecule has 8 heteroatoms. The highest BCUT2D eigenvalue weighted by Gasteiger charge is 2.36. The summed E-state index contributed by atoms with van der Waals surface area (Å²) in [4.78, 5) is 16.3. The van der Waals surface area contributed by atoms with Crippen LogP contribution in [0.5, 0.6) is 0 Å². The van der Waals surface area contributed by atoms with Crippen LogP contribution in [0.2, 0.25) is 5.02 Å². The lowest BCUT2D eigenvalue weighted by atomic mass is 9.87. The van der Waals surface area contributed by atoms with E-state index >= 15 is 0 Å². The lowest BCUT2D eigenvalue weighted by Gasteiger charge is -2.44. The first kappa shape index (κ1) is 18.2. The van der Waals surface area contributed by atoms with Crippen molar-refractivity contribution in [1.29, 1.82) is 0 Å². The number of piperidine rings is 1. The molecule has 2 amide bonds. The number of likely N-dealkylation sites (tertiary alicyclic amines) is 1. The fourth-order valence-electron chi connectivity index (χ4n) is 3.34. The Morgan fingerprint density at radius 3 is 2.48 bits per heavy atom. The van der Waals surface area contributed by atoms with Crippen LogP contribution in [0.3, 0.4) is 0 Å². The number of hydrogen-bond acceptors (Lipinski definition) is 4. The summed E-state index contributed by atoms with van der Waals surface area (Å²) in [5.41, 5.74) is 6.44. The number of anilines is 1. The third-order valence-electron chi connectivity index (χ3n) is 4.99. The molecule has 6 nitrogen and oxygen atoms in total. The molecule has 3 N–H and O–H groups in total. The van der Waals surface area contributed by atoms with Crippen LogP contribution in [0.25, 0.3) is 0 Å². The van der Waals surface area contributed by atoms with Gasteiger partial charge in [0.15, 0.2) is 0 Å². The number of rotatable bonds is 3. The van der Waals surface area contributed by atoms with Gasteiger partial charge in [-0.1, -0.05) is 11.6 Å². The van der Waals surface area contributed by atoms with E-state index in [1.165, 1.54) is 6.07 Å². The highest BCUT2D eigenvalue weighted by molar-refractivity contribution is 6.31. The SMILES string of the molecule is NCC1(Nc2ccc(F)c(Cl)c2)CCN(C(=O)N2CCOCC2)CC1. The first-order valence-corrected chi connectivity index (χ1v) is 8.96. The lowest BCUT2D eigenvalue weighted by Crippen LogP contribution is -2.57. The first-order chi connectivity index (χ1) is 12.0. The minimum absolute atomic E-state index is 0.0683. The summed E-state index contributed by atoms with van der Waals surface area (Å²) in [7, 11) is 0. The van der Waals surface area contributed by atoms with Crippen molar-refractivity contribution in [3.8, 4) is 0 Å². The molecular formula is C17H24ClFN4O2. The van der Waals surface area contributed by atoms with Gasteiger partial charge in [0, 0.05) is 38.4 Å². The van der Waals surface area contributed by atoms with Gasteiger partial charge in [0.25, 0.3) is 0 Å². The Bertz CT molecular complexity index is 617. The predicted molar refractivity (Wildman–Crippen MR) is 95.4 cm³/mol. The molecule has 0 spiro atoms. The Morgan fingerprint density at radius 1 is 1.24 bits per heavy atom. The summed E-state index contributed by atoms with van der Waals surface area (Å²) in [6.07, 6.45) is 1.46. The number of morpholine rings is 1. The van der Waals surface area contributed by atoms with Crippen LogP contribution in [0, 0.1) is 5.82 Å². The number of benzene rings is 1. The van der Waals surface area contributed by atoms with E-state index in [4.69, 9.17) is 22.1 Å². The first-order valence-electron chi connectivity index (χ1n) is 8.58. The Kier molecular flexibility index (Phi) is 5.66. The van der Waals surface area contributed by atoms with Crippen molar-refractivity contribution in [2.75, 3.05) is 51.3 Å². The second kappa shape index (κ2) is 7.76. The molecule has 0 aromatic heterocycles. The summed E-state index contributed by atoms with van der Waals surface area (Å²) in [5, 5.41) is 3.48. The highest BCUT2D eigenvalue weighted by Crippen LogP contribution is 2.29. The molecule has 3 rings (SSSR count). The van der Waals surface area contributed by atoms with Gasteiger partial charge in [-0.25, -0.2) is 9.18 Å². The molecule has 0 unspecified atom stereocenters. The van der Waals surface area contributed by atoms with Gasteiger partial charge in [-0.15, -0.1) is 0 Å². The normalized spacial score (nSPS) is 20.4. The van der Waals surface area contributed by atoms with Crippen molar-refractivity contribution < 1.29 is 13.9 Å². The van der Waals surface area contributed by atoms with Gasteiger partial charge in [-0.2, -0.15) is 0 Å². The van der Waals surface area contributed by atoms with Gasteiger partial charge in [0.2, 0.25) is 0 Å². The number of ether oxygens (including phenoxy) is 1. The van der Waals surface area contributed by atoms with E-state index in [2.05, 4.69) is 5.32 Å². The number of urea groups is 1. The molecule has 0 radical (unpaired) electrons. The van der Waals surface area contributed by atoms with Crippen LogP contribution in [-0.2, 0) is 4.74 Å². The fraction of sp³-hybridized carbons (Fsp3) is 0.588. The van der Waals surface area contributed by atoms with E-state index in [-0.39, 0.29) is 16.6 Å². The van der Waals surface area contributed by atoms with Crippen LogP contribution < -0.4 is 11.1 Å². The zero-order chi connectivity index (χ0) is 17.9. The maximum Gasteiger partial charge on any atom is 0.320 e. The number of amides is 2. The second-order valence-electron chi connectivity index (χ2n) is 6.61. The van der Waals surface area contributed by atoms with Crippen molar-refractivity contribution in [3.63, 3.8) is 0 Å². The zero-order valence-electron chi connectivity index (χ0n) is 14.1. The fourth-order valence-corrected chi connectivity index (χ4v) is 3.52. The van der Waals surface area contributed by atoms with Gasteiger partial charge >= 0.3 is 6.03 Å². The number of hydrogen-bond donors (Lipinski definition) is 2. The van der Waals surface area contributed by atoms with Gasteiger partial charge in [-0.3, -0.25) is 0 Å². The molecule has 2 saturated heterocycles. The Morgan fingerprint density at radius 2 is 1.88 bits per heavy atom. The number of nitrogens with one attached hydrogen (secondary N) is 1. The Balaban J connectivity index is 1.61. The van der Waals surface area contributed by atoms with Crippen molar-refractivity contribution in [3.05, 3.63) is 29.0 Å². The van der Waals surface area contributed by atoms with E-state index in [0.29, 0.717) is 45.9 Å². The molecule has 0 saturated carbocycles. The van der Waals surface area contributed by atoms with Crippen molar-refractivity contribution in [2.45, 2.75) is 18.4 Å². The molecule has 2 heterocycles. The molecule has 2 aliphatic heterocycles. The smallest absolute Gasteiger partial charge is 0.320 e. The van der Waals surface area contributed by atoms with E-state index < -0.39 is 5.82 Å². The molecule has 138 valence electrons. The van der Waals surface area contributed by atoms with Crippen LogP contribution in [0.1, 0.15) is 12.8 Å². The average molecular weight is 371 g/mol. The van der Waals surface area contributed by atoms with E-state index in [0.717, 1.165) is 18.5 Å². The summed E-state index contributed by atoms with van der Waals surface area (Å²) in [5.74, 6) is -0.444. The molecular weight excluding hydrogens is 347 g/mol. The highest BCUT2D eigenvalue weighted by atomic mass is 35.5. The Hall–Kier alpha value is -1.57. The number of carbonyl (C=O) groups excluding carboxylic acids is 1. The molecule has 0 bridgehead atoms. The second-order valence-corrected chi connectivity index (χ2v) is 7.01. The van der Waals surface area contributed by atoms with Crippen LogP contribution in [0.4, 0.5) is 14.9 Å². The quantitative estimate of drug-likeness (QED) is 0.855. The van der Waals surface area contributed by atoms with E-state index in [1.54, 1.807) is 12.1 Å². The van der Waals surface area contributed by atoms with Crippen LogP contribution in [0.15, 0.2) is 18.2 Å². The summed E-state index contributed by atoms with van der Waals surface area (Å²) in [6.45, 7) is 4.18. The standard InChI is InChI=1S/C17H24ClFN4O2/c18-14-11-13(1-2-15(14)19)21-17(12-20)3-5-22(6-4-17)16(24)23-7-9-25-10-8-23/h1-2,11,21H,3-10,12,20H2. The van der Waals surface area contributed by atoms with E-state index in [9.17, 15) is 9.18 Å². The lowest BCUT2D eigenvalue weighted by molar-refractivity contribution is 0.0398. The monoisotopic (exact) mass is 370 g/mol. The topological polar surface area (TPSA) is 70.8 Å². The molecule has 1 aromatic rings. The van der Waals surface area contributed by atoms with Gasteiger partial charge in [-0.05, 0) is 31.0 Å². The number of halogens is 2. The molecule has 2 fully saturated rings. The van der Waals surface area contributed by atoms with Crippen molar-refractivity contribution >= 4 is 23.3 Å². The minimum atomic E-state index is -0.444. The summed E-state index contributed by atoms with van der Waals surface area (Å²) in [6, 6.07) is 4.63. The molecule has 25 heavy (non-hydrogen) atoms. The largest absolute Gasteiger partial charge is 0.378 e. The summed E-state index contributed by atoms with van der Waals surface area (Å²) >= 11 is 5.86. The maximum absolute atomic E-state index is 13.3. The van der Waals surface area contributed by atoms with Crippen molar-refractivity contribution in [2.24, 2.45) is 5.73 Å². The van der Waals surface area contributed by atoms with Crippen LogP contribution >= 0.6 is 11.6 Å². The molecule has 1 aromatic carbocycles. The average Bonchev–Trinajstić information content (AvgIpc) is 2.65. The number of carbonyl (C=O) groups is 1. The number of nitrogens with zero attached hydrogens (tertiary/aromatic N) is 2. The third kappa shape index (κ3) is 4.16. The number of nitrogens with two attached hydrogens (primary N) is 1. The van der Waals surface area contributed by atoms with Crippen LogP contribution in [-0.4, -0.2) is 67.3 Å². The summed E-state index contributed by atoms with van der Waals surface area (Å²) < 4.78 is 18.6. The maximum atomic E-state index is 13.3. The zero-order valence-corrected chi connectivity index (χ0v) is 14.9. The molecule has 2 aliphatic rings. The van der Waals surface area contributed by atoms with Crippen molar-refractivity contribution in [1.82, 2.24) is 9.80 Å². The molecule has 0 atom stereocenters. The van der Waals surface area contributed by atoms with Gasteiger partial charge < -0.3 is 25.6 Å². The predicted octanol–water partition coefficient (Wildman–Crippen LogP) is 2.14. The third-order valence-corrected chi connectivity index (χ3v) is 5.28. The van der Waals surface area contributed by atoms with Gasteiger partial charge in [0.05, 0.1) is 23.8 Å². The van der Waals surface area contributed by atoms with E-state index in [1.807, 2.05) is 9.80 Å². The Labute approximate surface area is 152 Å². The molecule has 0 aliphatic carbocycles. The van der Waals surface area contributed by atoms with Gasteiger partial charge in [0.1, 0.15) is 5.82 Å². The minimum Gasteiger partial charge on any atom is -0.378 e.